The molecule has 0 bridgehead atoms. The van der Waals surface area contributed by atoms with E-state index in [4.69, 9.17) is 4.74 Å². The summed E-state index contributed by atoms with van der Waals surface area (Å²) in [6.45, 7) is 6.40. The zero-order valence-electron chi connectivity index (χ0n) is 10.2. The van der Waals surface area contributed by atoms with Crippen LogP contribution in [0.5, 0.6) is 0 Å². The third-order valence-electron chi connectivity index (χ3n) is 2.69. The molecule has 1 aliphatic heterocycles. The summed E-state index contributed by atoms with van der Waals surface area (Å²) in [5, 5.41) is 9.70. The van der Waals surface area contributed by atoms with Crippen LogP contribution in [-0.4, -0.2) is 42.2 Å². The summed E-state index contributed by atoms with van der Waals surface area (Å²) in [5.74, 6) is 0.340. The summed E-state index contributed by atoms with van der Waals surface area (Å²) < 4.78 is 5.31. The van der Waals surface area contributed by atoms with E-state index in [-0.39, 0.29) is 11.5 Å². The highest BCUT2D eigenvalue weighted by Gasteiger charge is 2.22. The Morgan fingerprint density at radius 1 is 1.50 bits per heavy atom. The van der Waals surface area contributed by atoms with Gasteiger partial charge in [0.25, 0.3) is 0 Å². The predicted molar refractivity (Wildman–Crippen MR) is 62.3 cm³/mol. The normalized spacial score (nSPS) is 17.9. The van der Waals surface area contributed by atoms with E-state index in [1.54, 1.807) is 0 Å². The fraction of sp³-hybridized carbons (Fsp3) is 0.750. The molecule has 1 N–H and O–H groups in total. The molecule has 0 spiro atoms. The maximum absolute atomic E-state index is 11.7. The standard InChI is InChI=1S/C12H21NO3/c1-3-5-11(14)10-8-13(9-16-4-2)7-6-12(10)15/h15H,3-9H2,1-2H3. The highest BCUT2D eigenvalue weighted by molar-refractivity contribution is 5.96. The lowest BCUT2D eigenvalue weighted by atomic mass is 10.0. The molecule has 0 fully saturated rings. The number of hydrogen-bond acceptors (Lipinski definition) is 4. The lowest BCUT2D eigenvalue weighted by molar-refractivity contribution is -0.116. The Hall–Kier alpha value is -0.870. The third-order valence-corrected chi connectivity index (χ3v) is 2.69. The van der Waals surface area contributed by atoms with E-state index in [9.17, 15) is 9.90 Å². The van der Waals surface area contributed by atoms with Crippen molar-refractivity contribution < 1.29 is 14.6 Å². The van der Waals surface area contributed by atoms with Crippen LogP contribution in [0.25, 0.3) is 0 Å². The molecule has 0 saturated carbocycles. The van der Waals surface area contributed by atoms with Crippen molar-refractivity contribution >= 4 is 5.78 Å². The number of carbonyl (C=O) groups is 1. The Balaban J connectivity index is 2.56. The number of ketones is 1. The highest BCUT2D eigenvalue weighted by Crippen LogP contribution is 2.18. The number of nitrogens with zero attached hydrogens (tertiary/aromatic N) is 1. The summed E-state index contributed by atoms with van der Waals surface area (Å²) >= 11 is 0. The number of Topliss-reactive ketones (excluding diaryl/α,β-unsaturated/α-hetero) is 1. The summed E-state index contributed by atoms with van der Waals surface area (Å²) in [6.07, 6.45) is 1.89. The minimum Gasteiger partial charge on any atom is -0.512 e. The first-order valence-corrected chi connectivity index (χ1v) is 5.93. The van der Waals surface area contributed by atoms with Gasteiger partial charge in [-0.2, -0.15) is 0 Å². The van der Waals surface area contributed by atoms with E-state index in [0.29, 0.717) is 38.3 Å². The minimum absolute atomic E-state index is 0.0706. The molecule has 0 radical (unpaired) electrons. The second kappa shape index (κ2) is 6.66. The molecular formula is C12H21NO3. The molecule has 16 heavy (non-hydrogen) atoms. The van der Waals surface area contributed by atoms with Gasteiger partial charge in [-0.05, 0) is 13.3 Å². The molecule has 0 aliphatic carbocycles. The smallest absolute Gasteiger partial charge is 0.163 e. The van der Waals surface area contributed by atoms with Crippen LogP contribution in [-0.2, 0) is 9.53 Å². The molecule has 1 aliphatic rings. The van der Waals surface area contributed by atoms with Crippen LogP contribution >= 0.6 is 0 Å². The van der Waals surface area contributed by atoms with Crippen LogP contribution in [0.15, 0.2) is 11.3 Å². The molecule has 1 heterocycles. The summed E-state index contributed by atoms with van der Waals surface area (Å²) in [7, 11) is 0. The van der Waals surface area contributed by atoms with Crippen molar-refractivity contribution in [2.45, 2.75) is 33.1 Å². The molecule has 4 nitrogen and oxygen atoms in total. The SMILES string of the molecule is CCCC(=O)C1=C(O)CCN(COCC)C1. The molecule has 4 heteroatoms. The molecule has 92 valence electrons. The monoisotopic (exact) mass is 227 g/mol. The Morgan fingerprint density at radius 3 is 2.88 bits per heavy atom. The Labute approximate surface area is 96.9 Å². The quantitative estimate of drug-likeness (QED) is 0.752. The number of carbonyl (C=O) groups excluding carboxylic acids is 1. The topological polar surface area (TPSA) is 49.8 Å². The van der Waals surface area contributed by atoms with Gasteiger partial charge < -0.3 is 9.84 Å². The Morgan fingerprint density at radius 2 is 2.25 bits per heavy atom. The lowest BCUT2D eigenvalue weighted by Crippen LogP contribution is -2.35. The van der Waals surface area contributed by atoms with E-state index in [2.05, 4.69) is 0 Å². The van der Waals surface area contributed by atoms with E-state index in [0.717, 1.165) is 13.0 Å². The van der Waals surface area contributed by atoms with Crippen molar-refractivity contribution in [3.05, 3.63) is 11.3 Å². The zero-order valence-corrected chi connectivity index (χ0v) is 10.2. The van der Waals surface area contributed by atoms with Gasteiger partial charge in [0.15, 0.2) is 5.78 Å². The molecule has 0 aromatic carbocycles. The van der Waals surface area contributed by atoms with Gasteiger partial charge in [0, 0.05) is 38.1 Å². The molecular weight excluding hydrogens is 206 g/mol. The van der Waals surface area contributed by atoms with E-state index < -0.39 is 0 Å². The van der Waals surface area contributed by atoms with Gasteiger partial charge in [0.05, 0.1) is 6.73 Å². The second-order valence-electron chi connectivity index (χ2n) is 4.02. The van der Waals surface area contributed by atoms with Gasteiger partial charge in [0.1, 0.15) is 5.76 Å². The molecule has 0 atom stereocenters. The van der Waals surface area contributed by atoms with Crippen LogP contribution in [0.3, 0.4) is 0 Å². The van der Waals surface area contributed by atoms with E-state index in [1.165, 1.54) is 0 Å². The molecule has 1 rings (SSSR count). The number of rotatable bonds is 6. The molecule has 0 saturated heterocycles. The fourth-order valence-electron chi connectivity index (χ4n) is 1.77. The fourth-order valence-corrected chi connectivity index (χ4v) is 1.77. The van der Waals surface area contributed by atoms with Gasteiger partial charge in [-0.25, -0.2) is 0 Å². The molecule has 0 unspecified atom stereocenters. The average Bonchev–Trinajstić information content (AvgIpc) is 2.28. The van der Waals surface area contributed by atoms with Crippen LogP contribution in [0.4, 0.5) is 0 Å². The number of aliphatic hydroxyl groups is 1. The van der Waals surface area contributed by atoms with Crippen molar-refractivity contribution in [1.29, 1.82) is 0 Å². The van der Waals surface area contributed by atoms with Gasteiger partial charge in [0.2, 0.25) is 0 Å². The van der Waals surface area contributed by atoms with Crippen LogP contribution in [0, 0.1) is 0 Å². The van der Waals surface area contributed by atoms with Crippen molar-refractivity contribution in [3.8, 4) is 0 Å². The average molecular weight is 227 g/mol. The molecule has 0 aromatic heterocycles. The first-order chi connectivity index (χ1) is 7.69. The number of hydrogen-bond donors (Lipinski definition) is 1. The van der Waals surface area contributed by atoms with Gasteiger partial charge in [-0.15, -0.1) is 0 Å². The third kappa shape index (κ3) is 3.61. The largest absolute Gasteiger partial charge is 0.512 e. The highest BCUT2D eigenvalue weighted by atomic mass is 16.5. The van der Waals surface area contributed by atoms with E-state index >= 15 is 0 Å². The van der Waals surface area contributed by atoms with Crippen molar-refractivity contribution in [3.63, 3.8) is 0 Å². The molecule has 0 amide bonds. The summed E-state index contributed by atoms with van der Waals surface area (Å²) in [5.41, 5.74) is 0.577. The van der Waals surface area contributed by atoms with Crippen molar-refractivity contribution in [1.82, 2.24) is 4.90 Å². The second-order valence-corrected chi connectivity index (χ2v) is 4.02. The van der Waals surface area contributed by atoms with Crippen LogP contribution in [0.1, 0.15) is 33.1 Å². The maximum atomic E-state index is 11.7. The van der Waals surface area contributed by atoms with Crippen LogP contribution in [0.2, 0.25) is 0 Å². The maximum Gasteiger partial charge on any atom is 0.163 e. The zero-order chi connectivity index (χ0) is 12.0. The first kappa shape index (κ1) is 13.2. The summed E-state index contributed by atoms with van der Waals surface area (Å²) in [4.78, 5) is 13.8. The lowest BCUT2D eigenvalue weighted by Gasteiger charge is -2.27. The van der Waals surface area contributed by atoms with Gasteiger partial charge in [-0.1, -0.05) is 6.92 Å². The van der Waals surface area contributed by atoms with E-state index in [1.807, 2.05) is 18.7 Å². The van der Waals surface area contributed by atoms with Gasteiger partial charge >= 0.3 is 0 Å². The molecule has 0 aromatic rings. The summed E-state index contributed by atoms with van der Waals surface area (Å²) in [6, 6.07) is 0. The van der Waals surface area contributed by atoms with Crippen molar-refractivity contribution in [2.75, 3.05) is 26.4 Å². The Kier molecular flexibility index (Phi) is 5.49. The van der Waals surface area contributed by atoms with Gasteiger partial charge in [-0.3, -0.25) is 9.69 Å². The first-order valence-electron chi connectivity index (χ1n) is 5.93. The number of ether oxygens (including phenoxy) is 1. The Bertz CT molecular complexity index is 273. The van der Waals surface area contributed by atoms with Crippen molar-refractivity contribution in [2.24, 2.45) is 0 Å². The number of aliphatic hydroxyl groups excluding tert-OH is 1. The minimum atomic E-state index is 0.0706. The van der Waals surface area contributed by atoms with Crippen LogP contribution < -0.4 is 0 Å². The predicted octanol–water partition coefficient (Wildman–Crippen LogP) is 1.87.